The van der Waals surface area contributed by atoms with E-state index in [1.807, 2.05) is 0 Å². The Morgan fingerprint density at radius 1 is 0.818 bits per heavy atom. The summed E-state index contributed by atoms with van der Waals surface area (Å²) < 4.78 is 0. The molecule has 0 aromatic heterocycles. The van der Waals surface area contributed by atoms with Crippen LogP contribution >= 0.6 is 0 Å². The molecule has 0 saturated heterocycles. The Morgan fingerprint density at radius 3 is 2.23 bits per heavy atom. The van der Waals surface area contributed by atoms with Gasteiger partial charge in [0.1, 0.15) is 0 Å². The number of aryl methyl sites for hydroxylation is 2. The van der Waals surface area contributed by atoms with Crippen molar-refractivity contribution >= 4 is 10.8 Å². The van der Waals surface area contributed by atoms with Crippen LogP contribution in [0.4, 0.5) is 0 Å². The van der Waals surface area contributed by atoms with Crippen molar-refractivity contribution in [3.05, 3.63) is 82.9 Å². The van der Waals surface area contributed by atoms with Gasteiger partial charge in [0.25, 0.3) is 0 Å². The highest BCUT2D eigenvalue weighted by atomic mass is 14.9. The summed E-state index contributed by atoms with van der Waals surface area (Å²) in [6.45, 7) is 7.53. The van der Waals surface area contributed by atoms with Crippen LogP contribution in [0, 0.1) is 13.8 Å². The SMILES string of the molecule is Cc1cccc(C)c1CN[C@H](C)c1cccc2ccccc12. The van der Waals surface area contributed by atoms with Gasteiger partial charge in [0, 0.05) is 12.6 Å². The first-order valence-corrected chi connectivity index (χ1v) is 7.93. The molecule has 1 heteroatoms. The lowest BCUT2D eigenvalue weighted by Crippen LogP contribution is -2.19. The highest BCUT2D eigenvalue weighted by Gasteiger charge is 2.10. The fourth-order valence-corrected chi connectivity index (χ4v) is 3.12. The van der Waals surface area contributed by atoms with Gasteiger partial charge in [-0.25, -0.2) is 0 Å². The maximum Gasteiger partial charge on any atom is 0.0301 e. The second kappa shape index (κ2) is 6.33. The van der Waals surface area contributed by atoms with Gasteiger partial charge in [-0.1, -0.05) is 60.7 Å². The largest absolute Gasteiger partial charge is 0.306 e. The van der Waals surface area contributed by atoms with Crippen molar-refractivity contribution in [2.24, 2.45) is 0 Å². The van der Waals surface area contributed by atoms with Gasteiger partial charge in [-0.3, -0.25) is 0 Å². The van der Waals surface area contributed by atoms with Crippen molar-refractivity contribution in [1.82, 2.24) is 5.32 Å². The molecule has 0 aliphatic rings. The lowest BCUT2D eigenvalue weighted by molar-refractivity contribution is 0.575. The van der Waals surface area contributed by atoms with Crippen molar-refractivity contribution < 1.29 is 0 Å². The zero-order valence-electron chi connectivity index (χ0n) is 13.6. The molecule has 1 atom stereocenters. The summed E-state index contributed by atoms with van der Waals surface area (Å²) in [5.74, 6) is 0. The molecule has 0 aliphatic heterocycles. The number of rotatable bonds is 4. The van der Waals surface area contributed by atoms with Crippen molar-refractivity contribution in [2.45, 2.75) is 33.4 Å². The molecule has 3 aromatic carbocycles. The molecule has 0 amide bonds. The van der Waals surface area contributed by atoms with Gasteiger partial charge >= 0.3 is 0 Å². The first-order valence-electron chi connectivity index (χ1n) is 7.93. The van der Waals surface area contributed by atoms with Crippen LogP contribution in [-0.4, -0.2) is 0 Å². The van der Waals surface area contributed by atoms with E-state index in [-0.39, 0.29) is 0 Å². The second-order valence-corrected chi connectivity index (χ2v) is 6.04. The molecule has 1 nitrogen and oxygen atoms in total. The van der Waals surface area contributed by atoms with Crippen molar-refractivity contribution in [3.8, 4) is 0 Å². The molecule has 0 unspecified atom stereocenters. The summed E-state index contributed by atoms with van der Waals surface area (Å²) in [6.07, 6.45) is 0. The average molecular weight is 289 g/mol. The van der Waals surface area contributed by atoms with E-state index in [1.165, 1.54) is 33.0 Å². The number of fused-ring (bicyclic) bond motifs is 1. The number of benzene rings is 3. The van der Waals surface area contributed by atoms with Crippen LogP contribution in [0.5, 0.6) is 0 Å². The van der Waals surface area contributed by atoms with E-state index in [1.54, 1.807) is 0 Å². The molecule has 0 bridgehead atoms. The fraction of sp³-hybridized carbons (Fsp3) is 0.238. The van der Waals surface area contributed by atoms with Gasteiger partial charge in [0.2, 0.25) is 0 Å². The summed E-state index contributed by atoms with van der Waals surface area (Å²) in [7, 11) is 0. The lowest BCUT2D eigenvalue weighted by atomic mass is 9.98. The molecular formula is C21H23N. The minimum absolute atomic E-state index is 0.324. The predicted octanol–water partition coefficient (Wildman–Crippen LogP) is 5.31. The van der Waals surface area contributed by atoms with E-state index in [4.69, 9.17) is 0 Å². The second-order valence-electron chi connectivity index (χ2n) is 6.04. The maximum absolute atomic E-state index is 3.69. The van der Waals surface area contributed by atoms with Gasteiger partial charge in [-0.15, -0.1) is 0 Å². The molecule has 0 radical (unpaired) electrons. The lowest BCUT2D eigenvalue weighted by Gasteiger charge is -2.18. The van der Waals surface area contributed by atoms with Crippen LogP contribution in [0.1, 0.15) is 35.2 Å². The molecule has 3 aromatic rings. The highest BCUT2D eigenvalue weighted by molar-refractivity contribution is 5.86. The number of nitrogens with one attached hydrogen (secondary N) is 1. The summed E-state index contributed by atoms with van der Waals surface area (Å²) in [5.41, 5.74) is 5.49. The summed E-state index contributed by atoms with van der Waals surface area (Å²) in [4.78, 5) is 0. The van der Waals surface area contributed by atoms with E-state index >= 15 is 0 Å². The quantitative estimate of drug-likeness (QED) is 0.686. The van der Waals surface area contributed by atoms with Crippen LogP contribution in [0.3, 0.4) is 0 Å². The van der Waals surface area contributed by atoms with E-state index in [0.717, 1.165) is 6.54 Å². The molecule has 112 valence electrons. The van der Waals surface area contributed by atoms with E-state index in [2.05, 4.69) is 86.8 Å². The van der Waals surface area contributed by atoms with Gasteiger partial charge in [0.15, 0.2) is 0 Å². The third kappa shape index (κ3) is 2.90. The molecule has 3 rings (SSSR count). The first-order chi connectivity index (χ1) is 10.7. The summed E-state index contributed by atoms with van der Waals surface area (Å²) in [5, 5.41) is 6.33. The maximum atomic E-state index is 3.69. The Balaban J connectivity index is 1.84. The molecule has 1 N–H and O–H groups in total. The molecule has 0 heterocycles. The van der Waals surface area contributed by atoms with Crippen molar-refractivity contribution in [2.75, 3.05) is 0 Å². The fourth-order valence-electron chi connectivity index (χ4n) is 3.12. The van der Waals surface area contributed by atoms with Gasteiger partial charge in [-0.05, 0) is 53.8 Å². The molecule has 22 heavy (non-hydrogen) atoms. The van der Waals surface area contributed by atoms with Crippen LogP contribution < -0.4 is 5.32 Å². The average Bonchev–Trinajstić information content (AvgIpc) is 2.53. The van der Waals surface area contributed by atoms with Crippen LogP contribution in [0.2, 0.25) is 0 Å². The third-order valence-electron chi connectivity index (χ3n) is 4.52. The Morgan fingerprint density at radius 2 is 1.45 bits per heavy atom. The highest BCUT2D eigenvalue weighted by Crippen LogP contribution is 2.24. The first kappa shape index (κ1) is 14.8. The predicted molar refractivity (Wildman–Crippen MR) is 95.1 cm³/mol. The molecule has 0 aliphatic carbocycles. The summed E-state index contributed by atoms with van der Waals surface area (Å²) >= 11 is 0. The smallest absolute Gasteiger partial charge is 0.0301 e. The zero-order valence-corrected chi connectivity index (χ0v) is 13.6. The van der Waals surface area contributed by atoms with Gasteiger partial charge in [-0.2, -0.15) is 0 Å². The van der Waals surface area contributed by atoms with Crippen molar-refractivity contribution in [1.29, 1.82) is 0 Å². The van der Waals surface area contributed by atoms with E-state index in [9.17, 15) is 0 Å². The van der Waals surface area contributed by atoms with Crippen LogP contribution in [0.15, 0.2) is 60.7 Å². The zero-order chi connectivity index (χ0) is 15.5. The minimum Gasteiger partial charge on any atom is -0.306 e. The Hall–Kier alpha value is -2.12. The number of hydrogen-bond acceptors (Lipinski definition) is 1. The molecule has 0 saturated carbocycles. The molecule has 0 spiro atoms. The van der Waals surface area contributed by atoms with E-state index in [0.29, 0.717) is 6.04 Å². The minimum atomic E-state index is 0.324. The third-order valence-corrected chi connectivity index (χ3v) is 4.52. The Kier molecular flexibility index (Phi) is 4.26. The normalized spacial score (nSPS) is 12.5. The topological polar surface area (TPSA) is 12.0 Å². The molecular weight excluding hydrogens is 266 g/mol. The standard InChI is InChI=1S/C21H23N/c1-15-8-6-9-16(2)21(15)14-22-17(3)19-13-7-11-18-10-4-5-12-20(18)19/h4-13,17,22H,14H2,1-3H3/t17-/m1/s1. The summed E-state index contributed by atoms with van der Waals surface area (Å²) in [6, 6.07) is 22.0. The number of hydrogen-bond donors (Lipinski definition) is 1. The monoisotopic (exact) mass is 289 g/mol. The Labute approximate surface area is 133 Å². The molecule has 0 fully saturated rings. The Bertz CT molecular complexity index is 763. The van der Waals surface area contributed by atoms with Gasteiger partial charge in [0.05, 0.1) is 0 Å². The van der Waals surface area contributed by atoms with Crippen molar-refractivity contribution in [3.63, 3.8) is 0 Å². The van der Waals surface area contributed by atoms with Crippen LogP contribution in [0.25, 0.3) is 10.8 Å². The van der Waals surface area contributed by atoms with E-state index < -0.39 is 0 Å². The van der Waals surface area contributed by atoms with Gasteiger partial charge < -0.3 is 5.32 Å². The van der Waals surface area contributed by atoms with Crippen LogP contribution in [-0.2, 0) is 6.54 Å².